The smallest absolute Gasteiger partial charge is 0.123 e. The number of benzene rings is 1. The lowest BCUT2D eigenvalue weighted by atomic mass is 10.1. The quantitative estimate of drug-likeness (QED) is 0.871. The SMILES string of the molecule is CCCn1ncc(Br)c1C(O)c1ccc(Cl)cc1Cl. The molecule has 1 heterocycles. The Morgan fingerprint density at radius 3 is 2.79 bits per heavy atom. The highest BCUT2D eigenvalue weighted by Crippen LogP contribution is 2.33. The van der Waals surface area contributed by atoms with Crippen LogP contribution in [0.5, 0.6) is 0 Å². The number of aromatic nitrogens is 2. The highest BCUT2D eigenvalue weighted by atomic mass is 79.9. The van der Waals surface area contributed by atoms with Gasteiger partial charge in [0, 0.05) is 22.2 Å². The molecule has 2 rings (SSSR count). The number of aliphatic hydroxyl groups excluding tert-OH is 1. The van der Waals surface area contributed by atoms with Gasteiger partial charge >= 0.3 is 0 Å². The summed E-state index contributed by atoms with van der Waals surface area (Å²) in [6.07, 6.45) is 1.77. The molecule has 2 aromatic rings. The van der Waals surface area contributed by atoms with Crippen molar-refractivity contribution >= 4 is 39.1 Å². The van der Waals surface area contributed by atoms with Crippen LogP contribution in [0, 0.1) is 0 Å². The minimum absolute atomic E-state index is 0.441. The maximum absolute atomic E-state index is 10.5. The number of nitrogens with zero attached hydrogens (tertiary/aromatic N) is 2. The predicted octanol–water partition coefficient (Wildman–Crippen LogP) is 4.44. The summed E-state index contributed by atoms with van der Waals surface area (Å²) in [5, 5.41) is 15.7. The number of halogens is 3. The molecule has 1 unspecified atom stereocenters. The number of hydrogen-bond acceptors (Lipinski definition) is 2. The second-order valence-electron chi connectivity index (χ2n) is 4.17. The molecule has 1 aromatic heterocycles. The molecule has 6 heteroatoms. The molecule has 0 saturated heterocycles. The summed E-state index contributed by atoms with van der Waals surface area (Å²) in [6.45, 7) is 2.80. The van der Waals surface area contributed by atoms with Crippen LogP contribution in [0.15, 0.2) is 28.9 Å². The number of aliphatic hydroxyl groups is 1. The molecule has 3 nitrogen and oxygen atoms in total. The Labute approximate surface area is 130 Å². The first kappa shape index (κ1) is 14.9. The Morgan fingerprint density at radius 1 is 1.42 bits per heavy atom. The van der Waals surface area contributed by atoms with E-state index in [0.717, 1.165) is 17.4 Å². The minimum Gasteiger partial charge on any atom is -0.382 e. The van der Waals surface area contributed by atoms with E-state index in [2.05, 4.69) is 28.0 Å². The van der Waals surface area contributed by atoms with Gasteiger partial charge in [0.2, 0.25) is 0 Å². The van der Waals surface area contributed by atoms with E-state index in [-0.39, 0.29) is 0 Å². The van der Waals surface area contributed by atoms with Crippen molar-refractivity contribution in [2.45, 2.75) is 26.0 Å². The molecule has 0 fully saturated rings. The van der Waals surface area contributed by atoms with E-state index in [1.54, 1.807) is 29.1 Å². The third-order valence-electron chi connectivity index (χ3n) is 2.78. The van der Waals surface area contributed by atoms with Crippen LogP contribution >= 0.6 is 39.1 Å². The zero-order chi connectivity index (χ0) is 14.0. The largest absolute Gasteiger partial charge is 0.382 e. The first-order valence-corrected chi connectivity index (χ1v) is 7.43. The third-order valence-corrected chi connectivity index (χ3v) is 3.96. The van der Waals surface area contributed by atoms with E-state index in [4.69, 9.17) is 23.2 Å². The number of rotatable bonds is 4. The third kappa shape index (κ3) is 3.14. The van der Waals surface area contributed by atoms with Gasteiger partial charge in [-0.3, -0.25) is 4.68 Å². The minimum atomic E-state index is -0.840. The van der Waals surface area contributed by atoms with Crippen LogP contribution in [0.3, 0.4) is 0 Å². The van der Waals surface area contributed by atoms with Crippen LogP contribution in [0.25, 0.3) is 0 Å². The van der Waals surface area contributed by atoms with Crippen molar-refractivity contribution < 1.29 is 5.11 Å². The van der Waals surface area contributed by atoms with E-state index in [9.17, 15) is 5.11 Å². The van der Waals surface area contributed by atoms with Gasteiger partial charge in [0.05, 0.1) is 16.4 Å². The summed E-state index contributed by atoms with van der Waals surface area (Å²) in [5.41, 5.74) is 1.32. The monoisotopic (exact) mass is 362 g/mol. The average Bonchev–Trinajstić information content (AvgIpc) is 2.70. The normalized spacial score (nSPS) is 12.7. The van der Waals surface area contributed by atoms with Gasteiger partial charge in [-0.2, -0.15) is 5.10 Å². The first-order chi connectivity index (χ1) is 9.04. The van der Waals surface area contributed by atoms with Crippen molar-refractivity contribution in [1.82, 2.24) is 9.78 Å². The van der Waals surface area contributed by atoms with Gasteiger partial charge in [0.15, 0.2) is 0 Å². The van der Waals surface area contributed by atoms with Crippen LogP contribution in [0.2, 0.25) is 10.0 Å². The molecule has 19 heavy (non-hydrogen) atoms. The highest BCUT2D eigenvalue weighted by Gasteiger charge is 2.21. The van der Waals surface area contributed by atoms with Crippen LogP contribution in [0.1, 0.15) is 30.7 Å². The van der Waals surface area contributed by atoms with Gasteiger partial charge in [-0.15, -0.1) is 0 Å². The van der Waals surface area contributed by atoms with Crippen molar-refractivity contribution in [3.8, 4) is 0 Å². The lowest BCUT2D eigenvalue weighted by molar-refractivity contribution is 0.206. The first-order valence-electron chi connectivity index (χ1n) is 5.88. The molecular weight excluding hydrogens is 351 g/mol. The van der Waals surface area contributed by atoms with Crippen molar-refractivity contribution in [3.63, 3.8) is 0 Å². The Morgan fingerprint density at radius 2 is 2.16 bits per heavy atom. The van der Waals surface area contributed by atoms with Crippen LogP contribution in [-0.4, -0.2) is 14.9 Å². The molecule has 0 bridgehead atoms. The summed E-state index contributed by atoms with van der Waals surface area (Å²) in [5.74, 6) is 0. The fraction of sp³-hybridized carbons (Fsp3) is 0.308. The average molecular weight is 364 g/mol. The molecule has 1 aromatic carbocycles. The molecule has 0 aliphatic carbocycles. The Kier molecular flexibility index (Phi) is 4.90. The fourth-order valence-electron chi connectivity index (χ4n) is 1.90. The molecule has 0 aliphatic rings. The zero-order valence-corrected chi connectivity index (χ0v) is 13.4. The molecule has 0 amide bonds. The molecule has 1 atom stereocenters. The maximum Gasteiger partial charge on any atom is 0.123 e. The maximum atomic E-state index is 10.5. The van der Waals surface area contributed by atoms with Crippen LogP contribution < -0.4 is 0 Å². The van der Waals surface area contributed by atoms with Gasteiger partial charge in [-0.1, -0.05) is 36.2 Å². The summed E-state index contributed by atoms with van der Waals surface area (Å²) >= 11 is 15.4. The van der Waals surface area contributed by atoms with Gasteiger partial charge in [-0.05, 0) is 34.5 Å². The van der Waals surface area contributed by atoms with Crippen molar-refractivity contribution in [3.05, 3.63) is 50.2 Å². The standard InChI is InChI=1S/C13H13BrCl2N2O/c1-2-5-18-12(10(14)7-17-18)13(19)9-4-3-8(15)6-11(9)16/h3-4,6-7,13,19H,2,5H2,1H3. The van der Waals surface area contributed by atoms with E-state index >= 15 is 0 Å². The van der Waals surface area contributed by atoms with E-state index in [0.29, 0.717) is 21.3 Å². The zero-order valence-electron chi connectivity index (χ0n) is 10.3. The molecular formula is C13H13BrCl2N2O. The second-order valence-corrected chi connectivity index (χ2v) is 5.87. The Hall–Kier alpha value is -0.550. The summed E-state index contributed by atoms with van der Waals surface area (Å²) < 4.78 is 2.54. The summed E-state index contributed by atoms with van der Waals surface area (Å²) in [7, 11) is 0. The number of hydrogen-bond donors (Lipinski definition) is 1. The summed E-state index contributed by atoms with van der Waals surface area (Å²) in [4.78, 5) is 0. The fourth-order valence-corrected chi connectivity index (χ4v) is 2.93. The van der Waals surface area contributed by atoms with E-state index in [1.165, 1.54) is 0 Å². The van der Waals surface area contributed by atoms with Gasteiger partial charge in [0.1, 0.15) is 6.10 Å². The second kappa shape index (κ2) is 6.27. The molecule has 102 valence electrons. The topological polar surface area (TPSA) is 38.0 Å². The lowest BCUT2D eigenvalue weighted by Gasteiger charge is -2.15. The highest BCUT2D eigenvalue weighted by molar-refractivity contribution is 9.10. The predicted molar refractivity (Wildman–Crippen MR) is 80.7 cm³/mol. The van der Waals surface area contributed by atoms with E-state index < -0.39 is 6.10 Å². The molecule has 0 radical (unpaired) electrons. The lowest BCUT2D eigenvalue weighted by Crippen LogP contribution is -2.11. The summed E-state index contributed by atoms with van der Waals surface area (Å²) in [6, 6.07) is 5.06. The van der Waals surface area contributed by atoms with Gasteiger partial charge in [-0.25, -0.2) is 0 Å². The van der Waals surface area contributed by atoms with E-state index in [1.807, 2.05) is 0 Å². The molecule has 0 aliphatic heterocycles. The van der Waals surface area contributed by atoms with Crippen molar-refractivity contribution in [1.29, 1.82) is 0 Å². The molecule has 0 spiro atoms. The van der Waals surface area contributed by atoms with Crippen LogP contribution in [0.4, 0.5) is 0 Å². The van der Waals surface area contributed by atoms with Crippen molar-refractivity contribution in [2.24, 2.45) is 0 Å². The van der Waals surface area contributed by atoms with Crippen molar-refractivity contribution in [2.75, 3.05) is 0 Å². The Balaban J connectivity index is 2.43. The van der Waals surface area contributed by atoms with Gasteiger partial charge in [0.25, 0.3) is 0 Å². The van der Waals surface area contributed by atoms with Crippen LogP contribution in [-0.2, 0) is 6.54 Å². The molecule has 1 N–H and O–H groups in total. The number of aryl methyl sites for hydroxylation is 1. The molecule has 0 saturated carbocycles. The van der Waals surface area contributed by atoms with Gasteiger partial charge < -0.3 is 5.11 Å². The Bertz CT molecular complexity index is 586.